The number of rotatable bonds is 2. The Hall–Kier alpha value is -1.09. The maximum Gasteiger partial charge on any atom is 0.130 e. The Bertz CT molecular complexity index is 359. The lowest BCUT2D eigenvalue weighted by molar-refractivity contribution is 0.375. The highest BCUT2D eigenvalue weighted by Crippen LogP contribution is 2.29. The quantitative estimate of drug-likeness (QED) is 0.832. The predicted molar refractivity (Wildman–Crippen MR) is 62.4 cm³/mol. The predicted octanol–water partition coefficient (Wildman–Crippen LogP) is 2.69. The van der Waals surface area contributed by atoms with Gasteiger partial charge in [0.25, 0.3) is 0 Å². The number of piperidine rings is 1. The molecule has 2 nitrogen and oxygen atoms in total. The summed E-state index contributed by atoms with van der Waals surface area (Å²) in [6.07, 6.45) is 2.16. The van der Waals surface area contributed by atoms with Crippen LogP contribution in [0.25, 0.3) is 0 Å². The second kappa shape index (κ2) is 4.83. The topological polar surface area (TPSA) is 21.3 Å². The molecule has 1 aliphatic heterocycles. The second-order valence-corrected chi connectivity index (χ2v) is 4.47. The Morgan fingerprint density at radius 1 is 1.38 bits per heavy atom. The zero-order valence-corrected chi connectivity index (χ0v) is 9.79. The molecule has 3 heteroatoms. The number of hydrogen-bond acceptors (Lipinski definition) is 2. The van der Waals surface area contributed by atoms with Crippen molar-refractivity contribution in [1.29, 1.82) is 0 Å². The van der Waals surface area contributed by atoms with Crippen LogP contribution in [0.15, 0.2) is 18.2 Å². The lowest BCUT2D eigenvalue weighted by atomic mass is 9.89. The minimum Gasteiger partial charge on any atom is -0.497 e. The van der Waals surface area contributed by atoms with Gasteiger partial charge in [0.2, 0.25) is 0 Å². The van der Waals surface area contributed by atoms with Crippen LogP contribution in [0.1, 0.15) is 31.2 Å². The van der Waals surface area contributed by atoms with E-state index in [1.54, 1.807) is 7.11 Å². The third-order valence-electron chi connectivity index (χ3n) is 3.31. The molecule has 0 radical (unpaired) electrons. The molecule has 0 bridgehead atoms. The molecule has 2 rings (SSSR count). The van der Waals surface area contributed by atoms with Gasteiger partial charge in [-0.15, -0.1) is 0 Å². The highest BCUT2D eigenvalue weighted by Gasteiger charge is 2.21. The lowest BCUT2D eigenvalue weighted by Crippen LogP contribution is -2.36. The van der Waals surface area contributed by atoms with Gasteiger partial charge in [0.1, 0.15) is 11.6 Å². The Labute approximate surface area is 95.8 Å². The van der Waals surface area contributed by atoms with Gasteiger partial charge < -0.3 is 10.1 Å². The van der Waals surface area contributed by atoms with Crippen molar-refractivity contribution >= 4 is 0 Å². The average Bonchev–Trinajstić information content (AvgIpc) is 2.30. The fourth-order valence-corrected chi connectivity index (χ4v) is 2.23. The third-order valence-corrected chi connectivity index (χ3v) is 3.31. The zero-order valence-electron chi connectivity index (χ0n) is 9.79. The summed E-state index contributed by atoms with van der Waals surface area (Å²) in [4.78, 5) is 0. The number of nitrogens with one attached hydrogen (secondary N) is 1. The van der Waals surface area contributed by atoms with Crippen LogP contribution in [0.3, 0.4) is 0 Å². The summed E-state index contributed by atoms with van der Waals surface area (Å²) < 4.78 is 18.8. The van der Waals surface area contributed by atoms with E-state index < -0.39 is 0 Å². The van der Waals surface area contributed by atoms with Gasteiger partial charge in [-0.3, -0.25) is 0 Å². The van der Waals surface area contributed by atoms with E-state index in [1.165, 1.54) is 6.07 Å². The van der Waals surface area contributed by atoms with Crippen LogP contribution in [0.5, 0.6) is 5.75 Å². The summed E-state index contributed by atoms with van der Waals surface area (Å²) in [6, 6.07) is 5.69. The molecule has 1 aliphatic rings. The van der Waals surface area contributed by atoms with Crippen molar-refractivity contribution in [2.24, 2.45) is 0 Å². The van der Waals surface area contributed by atoms with E-state index in [4.69, 9.17) is 4.74 Å². The molecule has 2 atom stereocenters. The van der Waals surface area contributed by atoms with E-state index in [-0.39, 0.29) is 5.82 Å². The normalized spacial score (nSPS) is 25.4. The van der Waals surface area contributed by atoms with Crippen LogP contribution < -0.4 is 10.1 Å². The number of ether oxygens (including phenoxy) is 1. The van der Waals surface area contributed by atoms with E-state index >= 15 is 0 Å². The highest BCUT2D eigenvalue weighted by molar-refractivity contribution is 5.31. The molecule has 0 amide bonds. The molecule has 1 N–H and O–H groups in total. The minimum atomic E-state index is -0.152. The first kappa shape index (κ1) is 11.4. The van der Waals surface area contributed by atoms with Crippen molar-refractivity contribution in [2.75, 3.05) is 13.7 Å². The SMILES string of the molecule is COc1ccc(C2CCC(C)NC2)c(F)c1. The maximum absolute atomic E-state index is 13.8. The van der Waals surface area contributed by atoms with Crippen molar-refractivity contribution < 1.29 is 9.13 Å². The molecule has 0 saturated carbocycles. The molecule has 1 aromatic carbocycles. The highest BCUT2D eigenvalue weighted by atomic mass is 19.1. The van der Waals surface area contributed by atoms with Gasteiger partial charge in [-0.1, -0.05) is 6.07 Å². The first-order chi connectivity index (χ1) is 7.70. The Morgan fingerprint density at radius 2 is 2.19 bits per heavy atom. The second-order valence-electron chi connectivity index (χ2n) is 4.47. The van der Waals surface area contributed by atoms with E-state index in [0.717, 1.165) is 24.9 Å². The largest absolute Gasteiger partial charge is 0.497 e. The van der Waals surface area contributed by atoms with E-state index in [1.807, 2.05) is 12.1 Å². The van der Waals surface area contributed by atoms with Crippen molar-refractivity contribution in [2.45, 2.75) is 31.7 Å². The number of halogens is 1. The molecular weight excluding hydrogens is 205 g/mol. The monoisotopic (exact) mass is 223 g/mol. The first-order valence-electron chi connectivity index (χ1n) is 5.77. The van der Waals surface area contributed by atoms with Gasteiger partial charge in [0.05, 0.1) is 7.11 Å². The maximum atomic E-state index is 13.8. The van der Waals surface area contributed by atoms with Crippen LogP contribution in [0.4, 0.5) is 4.39 Å². The molecule has 2 unspecified atom stereocenters. The van der Waals surface area contributed by atoms with Crippen LogP contribution in [-0.4, -0.2) is 19.7 Å². The summed E-state index contributed by atoms with van der Waals surface area (Å²) >= 11 is 0. The summed E-state index contributed by atoms with van der Waals surface area (Å²) in [6.45, 7) is 3.03. The van der Waals surface area contributed by atoms with Gasteiger partial charge in [0, 0.05) is 18.7 Å². The molecule has 1 fully saturated rings. The van der Waals surface area contributed by atoms with Crippen molar-refractivity contribution in [3.05, 3.63) is 29.6 Å². The Kier molecular flexibility index (Phi) is 3.44. The molecule has 0 spiro atoms. The summed E-state index contributed by atoms with van der Waals surface area (Å²) in [5.41, 5.74) is 0.806. The van der Waals surface area contributed by atoms with Gasteiger partial charge in [0.15, 0.2) is 0 Å². The van der Waals surface area contributed by atoms with Gasteiger partial charge in [-0.2, -0.15) is 0 Å². The van der Waals surface area contributed by atoms with E-state index in [2.05, 4.69) is 12.2 Å². The lowest BCUT2D eigenvalue weighted by Gasteiger charge is -2.28. The molecule has 1 heterocycles. The minimum absolute atomic E-state index is 0.152. The average molecular weight is 223 g/mol. The number of hydrogen-bond donors (Lipinski definition) is 1. The Balaban J connectivity index is 2.14. The first-order valence-corrected chi connectivity index (χ1v) is 5.77. The number of benzene rings is 1. The Morgan fingerprint density at radius 3 is 2.75 bits per heavy atom. The third kappa shape index (κ3) is 2.35. The standard InChI is InChI=1S/C13H18FNO/c1-9-3-4-10(8-15-9)12-6-5-11(16-2)7-13(12)14/h5-7,9-10,15H,3-4,8H2,1-2H3. The van der Waals surface area contributed by atoms with Gasteiger partial charge >= 0.3 is 0 Å². The van der Waals surface area contributed by atoms with E-state index in [9.17, 15) is 4.39 Å². The summed E-state index contributed by atoms with van der Waals surface area (Å²) in [7, 11) is 1.55. The van der Waals surface area contributed by atoms with Crippen molar-refractivity contribution in [3.8, 4) is 5.75 Å². The molecule has 0 aromatic heterocycles. The van der Waals surface area contributed by atoms with Crippen molar-refractivity contribution in [1.82, 2.24) is 5.32 Å². The fourth-order valence-electron chi connectivity index (χ4n) is 2.23. The van der Waals surface area contributed by atoms with Gasteiger partial charge in [-0.25, -0.2) is 4.39 Å². The van der Waals surface area contributed by atoms with E-state index in [0.29, 0.717) is 17.7 Å². The fraction of sp³-hybridized carbons (Fsp3) is 0.538. The molecule has 1 saturated heterocycles. The van der Waals surface area contributed by atoms with Crippen molar-refractivity contribution in [3.63, 3.8) is 0 Å². The molecule has 16 heavy (non-hydrogen) atoms. The van der Waals surface area contributed by atoms with Crippen LogP contribution in [-0.2, 0) is 0 Å². The van der Waals surface area contributed by atoms with Crippen LogP contribution in [0.2, 0.25) is 0 Å². The molecular formula is C13H18FNO. The number of methoxy groups -OCH3 is 1. The van der Waals surface area contributed by atoms with Gasteiger partial charge in [-0.05, 0) is 37.3 Å². The molecule has 1 aromatic rings. The van der Waals surface area contributed by atoms with Crippen LogP contribution >= 0.6 is 0 Å². The molecule has 0 aliphatic carbocycles. The smallest absolute Gasteiger partial charge is 0.130 e. The zero-order chi connectivity index (χ0) is 11.5. The molecule has 88 valence electrons. The van der Waals surface area contributed by atoms with Crippen LogP contribution in [0, 0.1) is 5.82 Å². The summed E-state index contributed by atoms with van der Waals surface area (Å²) in [5, 5.41) is 3.39. The summed E-state index contributed by atoms with van der Waals surface area (Å²) in [5.74, 6) is 0.723.